The van der Waals surface area contributed by atoms with Gasteiger partial charge in [0.1, 0.15) is 12.6 Å². The van der Waals surface area contributed by atoms with Crippen LogP contribution < -0.4 is 9.62 Å². The van der Waals surface area contributed by atoms with Crippen molar-refractivity contribution in [2.24, 2.45) is 0 Å². The highest BCUT2D eigenvalue weighted by Crippen LogP contribution is 2.26. The van der Waals surface area contributed by atoms with Gasteiger partial charge in [-0.2, -0.15) is 0 Å². The molecule has 0 bridgehead atoms. The summed E-state index contributed by atoms with van der Waals surface area (Å²) in [6.45, 7) is 5.24. The van der Waals surface area contributed by atoms with Crippen molar-refractivity contribution >= 4 is 43.5 Å². The molecule has 1 atom stereocenters. The summed E-state index contributed by atoms with van der Waals surface area (Å²) in [5.41, 5.74) is 3.03. The first kappa shape index (κ1) is 28.2. The predicted octanol–water partition coefficient (Wildman–Crippen LogP) is 4.70. The molecular formula is C27H36BrN3O4S. The molecule has 3 rings (SSSR count). The maximum atomic E-state index is 13.7. The van der Waals surface area contributed by atoms with E-state index in [1.165, 1.54) is 11.3 Å². The molecule has 0 unspecified atom stereocenters. The van der Waals surface area contributed by atoms with Gasteiger partial charge in [-0.05, 0) is 68.5 Å². The Morgan fingerprint density at radius 2 is 1.75 bits per heavy atom. The number of nitrogens with one attached hydrogen (secondary N) is 1. The van der Waals surface area contributed by atoms with Gasteiger partial charge in [-0.25, -0.2) is 8.42 Å². The van der Waals surface area contributed by atoms with E-state index in [0.29, 0.717) is 5.69 Å². The Hall–Kier alpha value is -2.39. The summed E-state index contributed by atoms with van der Waals surface area (Å²) in [6, 6.07) is 12.3. The van der Waals surface area contributed by atoms with Gasteiger partial charge in [0.05, 0.1) is 11.9 Å². The number of halogens is 1. The molecule has 36 heavy (non-hydrogen) atoms. The maximum absolute atomic E-state index is 13.7. The molecule has 0 aromatic heterocycles. The number of sulfonamides is 1. The van der Waals surface area contributed by atoms with Gasteiger partial charge in [0, 0.05) is 17.1 Å². The van der Waals surface area contributed by atoms with Crippen LogP contribution in [0.25, 0.3) is 0 Å². The van der Waals surface area contributed by atoms with E-state index in [1.54, 1.807) is 19.1 Å². The summed E-state index contributed by atoms with van der Waals surface area (Å²) in [5.74, 6) is -0.657. The highest BCUT2D eigenvalue weighted by Gasteiger charge is 2.31. The Labute approximate surface area is 223 Å². The summed E-state index contributed by atoms with van der Waals surface area (Å²) >= 11 is 3.46. The van der Waals surface area contributed by atoms with Crippen molar-refractivity contribution < 1.29 is 18.0 Å². The zero-order valence-corrected chi connectivity index (χ0v) is 23.9. The van der Waals surface area contributed by atoms with Gasteiger partial charge in [-0.3, -0.25) is 13.9 Å². The number of amides is 2. The summed E-state index contributed by atoms with van der Waals surface area (Å²) in [5, 5.41) is 3.11. The van der Waals surface area contributed by atoms with Gasteiger partial charge in [-0.15, -0.1) is 0 Å². The monoisotopic (exact) mass is 577 g/mol. The molecule has 2 aromatic carbocycles. The largest absolute Gasteiger partial charge is 0.352 e. The van der Waals surface area contributed by atoms with Crippen molar-refractivity contribution in [2.45, 2.75) is 71.5 Å². The minimum Gasteiger partial charge on any atom is -0.352 e. The van der Waals surface area contributed by atoms with E-state index < -0.39 is 28.5 Å². The minimum atomic E-state index is -3.76. The average Bonchev–Trinajstić information content (AvgIpc) is 2.82. The highest BCUT2D eigenvalue weighted by atomic mass is 79.9. The first-order valence-electron chi connectivity index (χ1n) is 12.4. The molecular weight excluding hydrogens is 542 g/mol. The van der Waals surface area contributed by atoms with E-state index in [1.807, 2.05) is 44.2 Å². The lowest BCUT2D eigenvalue weighted by Crippen LogP contribution is -2.53. The Bertz CT molecular complexity index is 1200. The van der Waals surface area contributed by atoms with E-state index in [2.05, 4.69) is 21.2 Å². The zero-order valence-electron chi connectivity index (χ0n) is 21.5. The molecule has 9 heteroatoms. The Balaban J connectivity index is 1.90. The molecule has 196 valence electrons. The number of hydrogen-bond acceptors (Lipinski definition) is 4. The maximum Gasteiger partial charge on any atom is 0.244 e. The van der Waals surface area contributed by atoms with Gasteiger partial charge in [0.2, 0.25) is 21.8 Å². The highest BCUT2D eigenvalue weighted by molar-refractivity contribution is 9.10. The van der Waals surface area contributed by atoms with Crippen LogP contribution in [0.15, 0.2) is 46.9 Å². The third-order valence-corrected chi connectivity index (χ3v) is 8.50. The lowest BCUT2D eigenvalue weighted by Gasteiger charge is -2.33. The topological polar surface area (TPSA) is 86.8 Å². The van der Waals surface area contributed by atoms with Crippen molar-refractivity contribution in [3.63, 3.8) is 0 Å². The summed E-state index contributed by atoms with van der Waals surface area (Å²) in [4.78, 5) is 28.4. The van der Waals surface area contributed by atoms with Crippen molar-refractivity contribution in [3.05, 3.63) is 63.6 Å². The zero-order chi connectivity index (χ0) is 26.5. The molecule has 1 saturated carbocycles. The fraction of sp³-hybridized carbons (Fsp3) is 0.481. The normalized spacial score (nSPS) is 15.2. The van der Waals surface area contributed by atoms with Crippen LogP contribution in [0.5, 0.6) is 0 Å². The SMILES string of the molecule is Cc1cccc(N(CC(=O)N(Cc2cccc(Br)c2)[C@H](C)C(=O)NC2CCCCC2)S(C)(=O)=O)c1C. The van der Waals surface area contributed by atoms with Crippen molar-refractivity contribution in [1.82, 2.24) is 10.2 Å². The number of carbonyl (C=O) groups excluding carboxylic acids is 2. The van der Waals surface area contributed by atoms with E-state index in [9.17, 15) is 18.0 Å². The van der Waals surface area contributed by atoms with Crippen LogP contribution in [0.2, 0.25) is 0 Å². The second kappa shape index (κ2) is 12.2. The van der Waals surface area contributed by atoms with Crippen molar-refractivity contribution in [3.8, 4) is 0 Å². The van der Waals surface area contributed by atoms with Crippen LogP contribution >= 0.6 is 15.9 Å². The number of aryl methyl sites for hydroxylation is 1. The molecule has 1 N–H and O–H groups in total. The Morgan fingerprint density at radius 3 is 2.39 bits per heavy atom. The van der Waals surface area contributed by atoms with Crippen molar-refractivity contribution in [2.75, 3.05) is 17.1 Å². The third-order valence-electron chi connectivity index (χ3n) is 6.88. The third kappa shape index (κ3) is 7.32. The standard InChI is InChI=1S/C27H36BrN3O4S/c1-19-10-8-15-25(20(19)2)31(36(4,34)35)18-26(32)30(17-22-11-9-12-23(28)16-22)21(3)27(33)29-24-13-6-5-7-14-24/h8-12,15-16,21,24H,5-7,13-14,17-18H2,1-4H3,(H,29,33)/t21-/m1/s1. The van der Waals surface area contributed by atoms with Gasteiger partial charge in [0.25, 0.3) is 0 Å². The average molecular weight is 579 g/mol. The summed E-state index contributed by atoms with van der Waals surface area (Å²) in [7, 11) is -3.76. The molecule has 0 saturated heterocycles. The lowest BCUT2D eigenvalue weighted by atomic mass is 9.95. The van der Waals surface area contributed by atoms with Crippen LogP contribution in [0.1, 0.15) is 55.7 Å². The molecule has 2 amide bonds. The number of rotatable bonds is 9. The second-order valence-electron chi connectivity index (χ2n) is 9.66. The van der Waals surface area contributed by atoms with E-state index in [-0.39, 0.29) is 18.5 Å². The van der Waals surface area contributed by atoms with Crippen LogP contribution in [0.4, 0.5) is 5.69 Å². The predicted molar refractivity (Wildman–Crippen MR) is 147 cm³/mol. The van der Waals surface area contributed by atoms with E-state index in [4.69, 9.17) is 0 Å². The van der Waals surface area contributed by atoms with E-state index >= 15 is 0 Å². The van der Waals surface area contributed by atoms with Crippen LogP contribution in [-0.2, 0) is 26.2 Å². The number of nitrogens with zero attached hydrogens (tertiary/aromatic N) is 2. The van der Waals surface area contributed by atoms with Crippen LogP contribution in [0.3, 0.4) is 0 Å². The first-order valence-corrected chi connectivity index (χ1v) is 15.0. The molecule has 7 nitrogen and oxygen atoms in total. The number of hydrogen-bond donors (Lipinski definition) is 1. The number of carbonyl (C=O) groups is 2. The fourth-order valence-electron chi connectivity index (χ4n) is 4.58. The smallest absolute Gasteiger partial charge is 0.244 e. The minimum absolute atomic E-state index is 0.110. The van der Waals surface area contributed by atoms with Crippen LogP contribution in [-0.4, -0.2) is 50.0 Å². The van der Waals surface area contributed by atoms with Crippen LogP contribution in [0, 0.1) is 13.8 Å². The van der Waals surface area contributed by atoms with E-state index in [0.717, 1.165) is 57.4 Å². The molecule has 2 aromatic rings. The van der Waals surface area contributed by atoms with Gasteiger partial charge < -0.3 is 10.2 Å². The fourth-order valence-corrected chi connectivity index (χ4v) is 5.93. The molecule has 0 spiro atoms. The van der Waals surface area contributed by atoms with Gasteiger partial charge in [-0.1, -0.05) is 59.5 Å². The molecule has 0 aliphatic heterocycles. The Morgan fingerprint density at radius 1 is 1.08 bits per heavy atom. The first-order chi connectivity index (χ1) is 17.0. The molecule has 0 heterocycles. The number of benzene rings is 2. The summed E-state index contributed by atoms with van der Waals surface area (Å²) in [6.07, 6.45) is 6.31. The number of anilines is 1. The lowest BCUT2D eigenvalue weighted by molar-refractivity contribution is -0.139. The second-order valence-corrected chi connectivity index (χ2v) is 12.5. The Kier molecular flexibility index (Phi) is 9.58. The van der Waals surface area contributed by atoms with Gasteiger partial charge in [0.15, 0.2) is 0 Å². The molecule has 1 fully saturated rings. The molecule has 0 radical (unpaired) electrons. The van der Waals surface area contributed by atoms with Gasteiger partial charge >= 0.3 is 0 Å². The summed E-state index contributed by atoms with van der Waals surface area (Å²) < 4.78 is 27.6. The quantitative estimate of drug-likeness (QED) is 0.468. The molecule has 1 aliphatic carbocycles. The van der Waals surface area contributed by atoms with Crippen molar-refractivity contribution in [1.29, 1.82) is 0 Å². The molecule has 1 aliphatic rings.